The number of urea groups is 1. The standard InChI is InChI=1S/C13H23N3O3/c17-12(18)9-1-3-10(4-2-9)15-13(19)16-11-5-7-14-8-6-11/h9-11,14H,1-8H2,(H,17,18)(H2,15,16,19). The maximum absolute atomic E-state index is 11.8. The van der Waals surface area contributed by atoms with Crippen LogP contribution >= 0.6 is 0 Å². The van der Waals surface area contributed by atoms with Crippen molar-refractivity contribution in [2.75, 3.05) is 13.1 Å². The summed E-state index contributed by atoms with van der Waals surface area (Å²) in [5.41, 5.74) is 0. The largest absolute Gasteiger partial charge is 0.481 e. The molecule has 0 aromatic carbocycles. The van der Waals surface area contributed by atoms with E-state index < -0.39 is 5.97 Å². The molecule has 0 aromatic heterocycles. The van der Waals surface area contributed by atoms with Crippen LogP contribution in [0.2, 0.25) is 0 Å². The van der Waals surface area contributed by atoms with Crippen LogP contribution in [0.25, 0.3) is 0 Å². The Morgan fingerprint density at radius 3 is 1.95 bits per heavy atom. The van der Waals surface area contributed by atoms with Gasteiger partial charge in [-0.05, 0) is 51.6 Å². The molecule has 0 bridgehead atoms. The first-order valence-electron chi connectivity index (χ1n) is 7.15. The van der Waals surface area contributed by atoms with Crippen molar-refractivity contribution in [2.24, 2.45) is 5.92 Å². The molecule has 6 heteroatoms. The molecule has 19 heavy (non-hydrogen) atoms. The van der Waals surface area contributed by atoms with E-state index >= 15 is 0 Å². The Kier molecular flexibility index (Phi) is 5.01. The normalized spacial score (nSPS) is 28.6. The van der Waals surface area contributed by atoms with Crippen LogP contribution < -0.4 is 16.0 Å². The number of rotatable bonds is 3. The second kappa shape index (κ2) is 6.75. The molecule has 1 heterocycles. The van der Waals surface area contributed by atoms with Gasteiger partial charge in [-0.3, -0.25) is 4.79 Å². The molecule has 0 aromatic rings. The molecular formula is C13H23N3O3. The van der Waals surface area contributed by atoms with Gasteiger partial charge in [0, 0.05) is 12.1 Å². The summed E-state index contributed by atoms with van der Waals surface area (Å²) in [5.74, 6) is -0.942. The van der Waals surface area contributed by atoms with E-state index in [1.165, 1.54) is 0 Å². The maximum Gasteiger partial charge on any atom is 0.315 e. The third-order valence-corrected chi connectivity index (χ3v) is 4.09. The predicted molar refractivity (Wildman–Crippen MR) is 70.9 cm³/mol. The fourth-order valence-corrected chi connectivity index (χ4v) is 2.86. The summed E-state index contributed by atoms with van der Waals surface area (Å²) in [6.07, 6.45) is 4.78. The van der Waals surface area contributed by atoms with Gasteiger partial charge in [0.25, 0.3) is 0 Å². The zero-order chi connectivity index (χ0) is 13.7. The molecule has 0 radical (unpaired) electrons. The van der Waals surface area contributed by atoms with Gasteiger partial charge in [-0.15, -0.1) is 0 Å². The zero-order valence-corrected chi connectivity index (χ0v) is 11.2. The number of hydrogen-bond acceptors (Lipinski definition) is 3. The molecule has 1 saturated carbocycles. The Morgan fingerprint density at radius 2 is 1.42 bits per heavy atom. The number of carboxylic acids is 1. The lowest BCUT2D eigenvalue weighted by Gasteiger charge is -2.29. The highest BCUT2D eigenvalue weighted by atomic mass is 16.4. The molecular weight excluding hydrogens is 246 g/mol. The van der Waals surface area contributed by atoms with Gasteiger partial charge in [0.2, 0.25) is 0 Å². The third-order valence-electron chi connectivity index (χ3n) is 4.09. The van der Waals surface area contributed by atoms with Gasteiger partial charge in [-0.2, -0.15) is 0 Å². The minimum absolute atomic E-state index is 0.106. The van der Waals surface area contributed by atoms with Gasteiger partial charge in [0.1, 0.15) is 0 Å². The smallest absolute Gasteiger partial charge is 0.315 e. The number of hydrogen-bond donors (Lipinski definition) is 4. The molecule has 6 nitrogen and oxygen atoms in total. The summed E-state index contributed by atoms with van der Waals surface area (Å²) >= 11 is 0. The fourth-order valence-electron chi connectivity index (χ4n) is 2.86. The van der Waals surface area contributed by atoms with Crippen molar-refractivity contribution in [1.29, 1.82) is 0 Å². The van der Waals surface area contributed by atoms with E-state index in [-0.39, 0.29) is 24.0 Å². The van der Waals surface area contributed by atoms with Crippen LogP contribution in [0, 0.1) is 5.92 Å². The molecule has 1 aliphatic carbocycles. The van der Waals surface area contributed by atoms with E-state index in [0.717, 1.165) is 38.8 Å². The second-order valence-corrected chi connectivity index (χ2v) is 5.53. The van der Waals surface area contributed by atoms with Crippen LogP contribution in [0.1, 0.15) is 38.5 Å². The monoisotopic (exact) mass is 269 g/mol. The third kappa shape index (κ3) is 4.38. The first-order chi connectivity index (χ1) is 9.15. The van der Waals surface area contributed by atoms with Gasteiger partial charge in [-0.1, -0.05) is 0 Å². The highest BCUT2D eigenvalue weighted by Gasteiger charge is 2.27. The van der Waals surface area contributed by atoms with E-state index in [1.807, 2.05) is 0 Å². The van der Waals surface area contributed by atoms with Gasteiger partial charge in [0.15, 0.2) is 0 Å². The SMILES string of the molecule is O=C(NC1CCNCC1)NC1CCC(C(=O)O)CC1. The molecule has 0 unspecified atom stereocenters. The molecule has 4 N–H and O–H groups in total. The summed E-state index contributed by atoms with van der Waals surface area (Å²) in [4.78, 5) is 22.7. The molecule has 1 saturated heterocycles. The number of aliphatic carboxylic acids is 1. The van der Waals surface area contributed by atoms with Crippen molar-refractivity contribution in [3.63, 3.8) is 0 Å². The molecule has 2 amide bonds. The van der Waals surface area contributed by atoms with Crippen molar-refractivity contribution in [3.05, 3.63) is 0 Å². The van der Waals surface area contributed by atoms with E-state index in [1.54, 1.807) is 0 Å². The highest BCUT2D eigenvalue weighted by molar-refractivity contribution is 5.74. The van der Waals surface area contributed by atoms with Crippen LogP contribution in [0.3, 0.4) is 0 Å². The van der Waals surface area contributed by atoms with E-state index in [9.17, 15) is 9.59 Å². The number of amides is 2. The summed E-state index contributed by atoms with van der Waals surface area (Å²) in [6, 6.07) is 0.277. The van der Waals surface area contributed by atoms with Crippen LogP contribution in [0.5, 0.6) is 0 Å². The lowest BCUT2D eigenvalue weighted by Crippen LogP contribution is -2.50. The van der Waals surface area contributed by atoms with Gasteiger partial charge < -0.3 is 21.1 Å². The van der Waals surface area contributed by atoms with Gasteiger partial charge >= 0.3 is 12.0 Å². The quantitative estimate of drug-likeness (QED) is 0.606. The zero-order valence-electron chi connectivity index (χ0n) is 11.2. The van der Waals surface area contributed by atoms with Crippen LogP contribution in [0.15, 0.2) is 0 Å². The Labute approximate surface area is 113 Å². The first kappa shape index (κ1) is 14.1. The van der Waals surface area contributed by atoms with Crippen molar-refractivity contribution in [1.82, 2.24) is 16.0 Å². The summed E-state index contributed by atoms with van der Waals surface area (Å²) in [6.45, 7) is 1.91. The Balaban J connectivity index is 1.67. The molecule has 0 spiro atoms. The minimum atomic E-state index is -0.711. The number of carbonyl (C=O) groups is 2. The van der Waals surface area contributed by atoms with Crippen molar-refractivity contribution >= 4 is 12.0 Å². The number of carbonyl (C=O) groups excluding carboxylic acids is 1. The van der Waals surface area contributed by atoms with E-state index in [0.29, 0.717) is 12.8 Å². The average molecular weight is 269 g/mol. The van der Waals surface area contributed by atoms with Crippen LogP contribution in [0.4, 0.5) is 4.79 Å². The molecule has 2 aliphatic rings. The summed E-state index contributed by atoms with van der Waals surface area (Å²) in [7, 11) is 0. The highest BCUT2D eigenvalue weighted by Crippen LogP contribution is 2.24. The Bertz CT molecular complexity index is 321. The lowest BCUT2D eigenvalue weighted by molar-refractivity contribution is -0.142. The molecule has 1 aliphatic heterocycles. The molecule has 0 atom stereocenters. The van der Waals surface area contributed by atoms with E-state index in [2.05, 4.69) is 16.0 Å². The van der Waals surface area contributed by atoms with E-state index in [4.69, 9.17) is 5.11 Å². The van der Waals surface area contributed by atoms with Gasteiger partial charge in [0.05, 0.1) is 5.92 Å². The number of piperidine rings is 1. The summed E-state index contributed by atoms with van der Waals surface area (Å²) < 4.78 is 0. The molecule has 2 rings (SSSR count). The Hall–Kier alpha value is -1.30. The summed E-state index contributed by atoms with van der Waals surface area (Å²) in [5, 5.41) is 18.1. The minimum Gasteiger partial charge on any atom is -0.481 e. The molecule has 2 fully saturated rings. The van der Waals surface area contributed by atoms with Crippen molar-refractivity contribution < 1.29 is 14.7 Å². The number of carboxylic acid groups (broad SMARTS) is 1. The average Bonchev–Trinajstić information content (AvgIpc) is 2.40. The topological polar surface area (TPSA) is 90.5 Å². The molecule has 108 valence electrons. The first-order valence-corrected chi connectivity index (χ1v) is 7.15. The van der Waals surface area contributed by atoms with Crippen molar-refractivity contribution in [2.45, 2.75) is 50.6 Å². The van der Waals surface area contributed by atoms with Crippen LogP contribution in [-0.4, -0.2) is 42.3 Å². The maximum atomic E-state index is 11.8. The fraction of sp³-hybridized carbons (Fsp3) is 0.846. The lowest BCUT2D eigenvalue weighted by atomic mass is 9.86. The van der Waals surface area contributed by atoms with Crippen LogP contribution in [-0.2, 0) is 4.79 Å². The predicted octanol–water partition coefficient (Wildman–Crippen LogP) is 0.681. The second-order valence-electron chi connectivity index (χ2n) is 5.53. The Morgan fingerprint density at radius 1 is 0.895 bits per heavy atom. The number of nitrogens with one attached hydrogen (secondary N) is 3. The van der Waals surface area contributed by atoms with Gasteiger partial charge in [-0.25, -0.2) is 4.79 Å². The van der Waals surface area contributed by atoms with Crippen molar-refractivity contribution in [3.8, 4) is 0 Å².